The first-order valence-corrected chi connectivity index (χ1v) is 9.85. The standard InChI is InChI=1S/C16H24N6O2S/c1-16(2,3)22-10-8-13(9-11-22)19-25(23,24)14-6-4-12(5-7-14)15-17-20-21-18-15/h4-7,13,19H,8-11H2,1-3H3,(H,17,18,20,21). The van der Waals surface area contributed by atoms with E-state index in [0.29, 0.717) is 11.4 Å². The van der Waals surface area contributed by atoms with Crippen LogP contribution in [-0.2, 0) is 10.0 Å². The number of aromatic nitrogens is 4. The molecule has 25 heavy (non-hydrogen) atoms. The van der Waals surface area contributed by atoms with Crippen LogP contribution >= 0.6 is 0 Å². The van der Waals surface area contributed by atoms with E-state index in [9.17, 15) is 8.42 Å². The highest BCUT2D eigenvalue weighted by Gasteiger charge is 2.29. The van der Waals surface area contributed by atoms with E-state index in [1.807, 2.05) is 0 Å². The van der Waals surface area contributed by atoms with Crippen molar-refractivity contribution in [2.75, 3.05) is 13.1 Å². The number of nitrogens with one attached hydrogen (secondary N) is 2. The highest BCUT2D eigenvalue weighted by molar-refractivity contribution is 7.89. The molecule has 0 unspecified atom stereocenters. The number of sulfonamides is 1. The Hall–Kier alpha value is -1.84. The minimum absolute atomic E-state index is 0.0273. The summed E-state index contributed by atoms with van der Waals surface area (Å²) in [5.41, 5.74) is 0.834. The van der Waals surface area contributed by atoms with E-state index in [1.54, 1.807) is 24.3 Å². The lowest BCUT2D eigenvalue weighted by Crippen LogP contribution is -2.50. The van der Waals surface area contributed by atoms with Gasteiger partial charge in [-0.3, -0.25) is 4.90 Å². The van der Waals surface area contributed by atoms with Crippen LogP contribution in [0.15, 0.2) is 29.2 Å². The van der Waals surface area contributed by atoms with Crippen LogP contribution in [0.5, 0.6) is 0 Å². The second-order valence-corrected chi connectivity index (χ2v) is 9.03. The molecule has 1 aliphatic heterocycles. The third kappa shape index (κ3) is 4.23. The van der Waals surface area contributed by atoms with Crippen LogP contribution in [0.25, 0.3) is 11.4 Å². The van der Waals surface area contributed by atoms with Crippen LogP contribution in [0.3, 0.4) is 0 Å². The number of hydrogen-bond donors (Lipinski definition) is 2. The van der Waals surface area contributed by atoms with Crippen LogP contribution in [0.1, 0.15) is 33.6 Å². The van der Waals surface area contributed by atoms with E-state index in [1.165, 1.54) is 0 Å². The lowest BCUT2D eigenvalue weighted by Gasteiger charge is -2.40. The Morgan fingerprint density at radius 1 is 1.16 bits per heavy atom. The van der Waals surface area contributed by atoms with Crippen molar-refractivity contribution >= 4 is 10.0 Å². The second kappa shape index (κ2) is 6.81. The monoisotopic (exact) mass is 364 g/mol. The molecule has 0 aliphatic carbocycles. The van der Waals surface area contributed by atoms with Gasteiger partial charge < -0.3 is 0 Å². The van der Waals surface area contributed by atoms with Gasteiger partial charge in [-0.1, -0.05) is 0 Å². The molecule has 2 heterocycles. The van der Waals surface area contributed by atoms with Crippen molar-refractivity contribution in [3.63, 3.8) is 0 Å². The van der Waals surface area contributed by atoms with Crippen molar-refractivity contribution < 1.29 is 8.42 Å². The van der Waals surface area contributed by atoms with Crippen LogP contribution in [0.2, 0.25) is 0 Å². The first-order chi connectivity index (χ1) is 11.8. The van der Waals surface area contributed by atoms with Crippen LogP contribution < -0.4 is 4.72 Å². The van der Waals surface area contributed by atoms with Gasteiger partial charge in [-0.05, 0) is 63.1 Å². The summed E-state index contributed by atoms with van der Waals surface area (Å²) in [7, 11) is -3.53. The molecule has 136 valence electrons. The molecule has 0 bridgehead atoms. The molecule has 8 nitrogen and oxygen atoms in total. The largest absolute Gasteiger partial charge is 0.298 e. The maximum atomic E-state index is 12.6. The average molecular weight is 364 g/mol. The summed E-state index contributed by atoms with van der Waals surface area (Å²) in [6.07, 6.45) is 1.63. The fourth-order valence-electron chi connectivity index (χ4n) is 3.02. The van der Waals surface area contributed by atoms with Crippen molar-refractivity contribution in [3.8, 4) is 11.4 Å². The molecule has 0 spiro atoms. The fraction of sp³-hybridized carbons (Fsp3) is 0.562. The molecular weight excluding hydrogens is 340 g/mol. The summed E-state index contributed by atoms with van der Waals surface area (Å²) in [6, 6.07) is 6.47. The number of piperidine rings is 1. The number of hydrogen-bond acceptors (Lipinski definition) is 6. The predicted molar refractivity (Wildman–Crippen MR) is 94.3 cm³/mol. The maximum absolute atomic E-state index is 12.6. The van der Waals surface area contributed by atoms with E-state index >= 15 is 0 Å². The number of likely N-dealkylation sites (tertiary alicyclic amines) is 1. The Balaban J connectivity index is 1.64. The number of nitrogens with zero attached hydrogens (tertiary/aromatic N) is 4. The molecule has 3 rings (SSSR count). The zero-order valence-corrected chi connectivity index (χ0v) is 15.5. The molecule has 0 radical (unpaired) electrons. The Morgan fingerprint density at radius 3 is 2.32 bits per heavy atom. The lowest BCUT2D eigenvalue weighted by atomic mass is 9.99. The lowest BCUT2D eigenvalue weighted by molar-refractivity contribution is 0.100. The molecule has 0 atom stereocenters. The Kier molecular flexibility index (Phi) is 4.90. The van der Waals surface area contributed by atoms with Crippen molar-refractivity contribution in [2.45, 2.75) is 50.1 Å². The molecule has 9 heteroatoms. The zero-order valence-electron chi connectivity index (χ0n) is 14.7. The van der Waals surface area contributed by atoms with Gasteiger partial charge in [0.05, 0.1) is 4.90 Å². The third-order valence-corrected chi connectivity index (χ3v) is 6.07. The molecule has 2 N–H and O–H groups in total. The Labute approximate surface area is 148 Å². The summed E-state index contributed by atoms with van der Waals surface area (Å²) >= 11 is 0. The van der Waals surface area contributed by atoms with Crippen LogP contribution in [0, 0.1) is 0 Å². The summed E-state index contributed by atoms with van der Waals surface area (Å²) in [6.45, 7) is 8.34. The normalized spacial score (nSPS) is 17.7. The molecule has 2 aromatic rings. The first-order valence-electron chi connectivity index (χ1n) is 8.37. The molecule has 1 saturated heterocycles. The van der Waals surface area contributed by atoms with Crippen LogP contribution in [0.4, 0.5) is 0 Å². The molecule has 0 amide bonds. The van der Waals surface area contributed by atoms with Crippen molar-refractivity contribution in [1.82, 2.24) is 30.2 Å². The van der Waals surface area contributed by atoms with Crippen molar-refractivity contribution in [3.05, 3.63) is 24.3 Å². The highest BCUT2D eigenvalue weighted by atomic mass is 32.2. The van der Waals surface area contributed by atoms with Gasteiger partial charge in [-0.25, -0.2) is 13.1 Å². The topological polar surface area (TPSA) is 104 Å². The second-order valence-electron chi connectivity index (χ2n) is 7.31. The Bertz CT molecular complexity index is 788. The van der Waals surface area contributed by atoms with E-state index in [4.69, 9.17) is 0 Å². The summed E-state index contributed by atoms with van der Waals surface area (Å²) in [5.74, 6) is 0.437. The fourth-order valence-corrected chi connectivity index (χ4v) is 4.33. The molecule has 1 fully saturated rings. The summed E-state index contributed by atoms with van der Waals surface area (Å²) in [4.78, 5) is 2.63. The van der Waals surface area contributed by atoms with Gasteiger partial charge in [0.1, 0.15) is 0 Å². The summed E-state index contributed by atoms with van der Waals surface area (Å²) in [5, 5.41) is 13.6. The van der Waals surface area contributed by atoms with Crippen molar-refractivity contribution in [2.24, 2.45) is 0 Å². The van der Waals surface area contributed by atoms with E-state index in [-0.39, 0.29) is 16.5 Å². The number of tetrazole rings is 1. The minimum atomic E-state index is -3.53. The molecule has 0 saturated carbocycles. The molecule has 1 aromatic heterocycles. The first kappa shape index (κ1) is 18.0. The van der Waals surface area contributed by atoms with Gasteiger partial charge in [0, 0.05) is 30.2 Å². The zero-order chi connectivity index (χ0) is 18.1. The van der Waals surface area contributed by atoms with Gasteiger partial charge in [-0.2, -0.15) is 5.21 Å². The third-order valence-electron chi connectivity index (χ3n) is 4.53. The smallest absolute Gasteiger partial charge is 0.240 e. The van der Waals surface area contributed by atoms with Gasteiger partial charge in [-0.15, -0.1) is 10.2 Å². The molecule has 1 aromatic carbocycles. The highest BCUT2D eigenvalue weighted by Crippen LogP contribution is 2.22. The molecule has 1 aliphatic rings. The number of benzene rings is 1. The number of aromatic amines is 1. The van der Waals surface area contributed by atoms with Crippen molar-refractivity contribution in [1.29, 1.82) is 0 Å². The van der Waals surface area contributed by atoms with Crippen LogP contribution in [-0.4, -0.2) is 58.6 Å². The van der Waals surface area contributed by atoms with Gasteiger partial charge in [0.25, 0.3) is 0 Å². The maximum Gasteiger partial charge on any atom is 0.240 e. The average Bonchev–Trinajstić information content (AvgIpc) is 3.09. The van der Waals surface area contributed by atoms with E-state index < -0.39 is 10.0 Å². The number of H-pyrrole nitrogens is 1. The van der Waals surface area contributed by atoms with Gasteiger partial charge in [0.2, 0.25) is 15.8 Å². The minimum Gasteiger partial charge on any atom is -0.298 e. The molecular formula is C16H24N6O2S. The van der Waals surface area contributed by atoms with E-state index in [0.717, 1.165) is 25.9 Å². The quantitative estimate of drug-likeness (QED) is 0.850. The SMILES string of the molecule is CC(C)(C)N1CCC(NS(=O)(=O)c2ccc(-c3nn[nH]n3)cc2)CC1. The van der Waals surface area contributed by atoms with E-state index in [2.05, 4.69) is 51.0 Å². The van der Waals surface area contributed by atoms with Gasteiger partial charge >= 0.3 is 0 Å². The number of rotatable bonds is 4. The Morgan fingerprint density at radius 2 is 1.80 bits per heavy atom. The summed E-state index contributed by atoms with van der Waals surface area (Å²) < 4.78 is 28.0. The predicted octanol–water partition coefficient (Wildman–Crippen LogP) is 1.41. The van der Waals surface area contributed by atoms with Gasteiger partial charge in [0.15, 0.2) is 0 Å².